The number of nitrogens with zero attached hydrogens (tertiary/aromatic N) is 1. The Morgan fingerprint density at radius 1 is 1.50 bits per heavy atom. The quantitative estimate of drug-likeness (QED) is 0.914. The zero-order chi connectivity index (χ0) is 13.4. The summed E-state index contributed by atoms with van der Waals surface area (Å²) < 4.78 is 5.49. The first-order valence-corrected chi connectivity index (χ1v) is 7.49. The Hall–Kier alpha value is -0.450. The number of hydrogen-bond acceptors (Lipinski definition) is 4. The summed E-state index contributed by atoms with van der Waals surface area (Å²) in [4.78, 5) is 4.64. The number of ether oxygens (including phenoxy) is 1. The van der Waals surface area contributed by atoms with Crippen LogP contribution in [0.4, 0.5) is 0 Å². The van der Waals surface area contributed by atoms with Gasteiger partial charge in [-0.05, 0) is 6.92 Å². The highest BCUT2D eigenvalue weighted by Crippen LogP contribution is 2.38. The third kappa shape index (κ3) is 3.11. The van der Waals surface area contributed by atoms with Gasteiger partial charge in [0.25, 0.3) is 0 Å². The van der Waals surface area contributed by atoms with Crippen LogP contribution in [0.5, 0.6) is 0 Å². The molecule has 0 aromatic carbocycles. The molecule has 0 amide bonds. The molecule has 1 N–H and O–H groups in total. The summed E-state index contributed by atoms with van der Waals surface area (Å²) in [6, 6.07) is 0. The first-order chi connectivity index (χ1) is 8.32. The lowest BCUT2D eigenvalue weighted by Crippen LogP contribution is -2.49. The minimum atomic E-state index is -0.590. The van der Waals surface area contributed by atoms with Crippen molar-refractivity contribution in [1.82, 2.24) is 4.98 Å². The molecule has 4 heteroatoms. The molecule has 2 rings (SSSR count). The Bertz CT molecular complexity index is 402. The molecule has 1 heterocycles. The van der Waals surface area contributed by atoms with E-state index in [0.717, 1.165) is 30.2 Å². The van der Waals surface area contributed by atoms with E-state index < -0.39 is 5.60 Å². The maximum atomic E-state index is 10.4. The number of rotatable bonds is 4. The zero-order valence-corrected chi connectivity index (χ0v) is 12.5. The fourth-order valence-corrected chi connectivity index (χ4v) is 3.46. The van der Waals surface area contributed by atoms with Gasteiger partial charge in [0.05, 0.1) is 22.4 Å². The van der Waals surface area contributed by atoms with Crippen molar-refractivity contribution in [3.63, 3.8) is 0 Å². The number of hydrogen-bond donors (Lipinski definition) is 1. The highest BCUT2D eigenvalue weighted by Gasteiger charge is 2.43. The molecule has 0 saturated heterocycles. The van der Waals surface area contributed by atoms with Crippen LogP contribution in [0.25, 0.3) is 0 Å². The van der Waals surface area contributed by atoms with Crippen molar-refractivity contribution in [2.45, 2.75) is 64.1 Å². The second-order valence-corrected chi connectivity index (χ2v) is 7.21. The summed E-state index contributed by atoms with van der Waals surface area (Å²) in [7, 11) is 0. The van der Waals surface area contributed by atoms with Crippen molar-refractivity contribution in [2.75, 3.05) is 6.61 Å². The third-order valence-corrected chi connectivity index (χ3v) is 4.27. The molecule has 3 nitrogen and oxygen atoms in total. The molecular formula is C14H23NO2S. The highest BCUT2D eigenvalue weighted by atomic mass is 32.1. The van der Waals surface area contributed by atoms with Crippen LogP contribution in [-0.2, 0) is 16.6 Å². The van der Waals surface area contributed by atoms with Gasteiger partial charge in [0.1, 0.15) is 0 Å². The molecule has 102 valence electrons. The van der Waals surface area contributed by atoms with Crippen molar-refractivity contribution in [3.05, 3.63) is 16.1 Å². The molecule has 0 bridgehead atoms. The van der Waals surface area contributed by atoms with Crippen LogP contribution >= 0.6 is 11.3 Å². The lowest BCUT2D eigenvalue weighted by Gasteiger charge is -2.42. The lowest BCUT2D eigenvalue weighted by atomic mass is 9.75. The van der Waals surface area contributed by atoms with E-state index in [0.29, 0.717) is 6.42 Å². The van der Waals surface area contributed by atoms with Crippen molar-refractivity contribution < 1.29 is 9.84 Å². The maximum absolute atomic E-state index is 10.4. The first-order valence-electron chi connectivity index (χ1n) is 6.61. The van der Waals surface area contributed by atoms with Gasteiger partial charge in [-0.2, -0.15) is 0 Å². The maximum Gasteiger partial charge on any atom is 0.0957 e. The summed E-state index contributed by atoms with van der Waals surface area (Å²) in [5, 5.41) is 13.5. The number of thiazole rings is 1. The van der Waals surface area contributed by atoms with Crippen molar-refractivity contribution in [1.29, 1.82) is 0 Å². The van der Waals surface area contributed by atoms with E-state index in [1.165, 1.54) is 0 Å². The van der Waals surface area contributed by atoms with E-state index in [2.05, 4.69) is 31.1 Å². The van der Waals surface area contributed by atoms with Crippen molar-refractivity contribution >= 4 is 11.3 Å². The van der Waals surface area contributed by atoms with E-state index in [-0.39, 0.29) is 11.5 Å². The highest BCUT2D eigenvalue weighted by molar-refractivity contribution is 7.09. The van der Waals surface area contributed by atoms with Crippen LogP contribution in [0.1, 0.15) is 51.2 Å². The molecule has 18 heavy (non-hydrogen) atoms. The molecule has 0 atom stereocenters. The SMILES string of the molecule is CCOC1CC(O)(Cc2nc(C(C)(C)C)cs2)C1. The molecule has 0 spiro atoms. The Balaban J connectivity index is 1.93. The summed E-state index contributed by atoms with van der Waals surface area (Å²) in [6.45, 7) is 9.21. The topological polar surface area (TPSA) is 42.4 Å². The second kappa shape index (κ2) is 4.91. The Kier molecular flexibility index (Phi) is 3.81. The van der Waals surface area contributed by atoms with Crippen LogP contribution < -0.4 is 0 Å². The van der Waals surface area contributed by atoms with Crippen LogP contribution in [0.2, 0.25) is 0 Å². The van der Waals surface area contributed by atoms with Gasteiger partial charge in [-0.25, -0.2) is 4.98 Å². The Labute approximate surface area is 113 Å². The van der Waals surface area contributed by atoms with E-state index in [4.69, 9.17) is 4.74 Å². The summed E-state index contributed by atoms with van der Waals surface area (Å²) in [5.74, 6) is 0. The molecule has 1 saturated carbocycles. The Morgan fingerprint density at radius 3 is 2.67 bits per heavy atom. The standard InChI is InChI=1S/C14H23NO2S/c1-5-17-10-6-14(16,7-10)8-12-15-11(9-18-12)13(2,3)4/h9-10,16H,5-8H2,1-4H3. The van der Waals surface area contributed by atoms with Gasteiger partial charge in [0, 0.05) is 36.7 Å². The normalized spacial score (nSPS) is 28.2. The molecule has 1 aliphatic carbocycles. The van der Waals surface area contributed by atoms with Gasteiger partial charge >= 0.3 is 0 Å². The first kappa shape index (κ1) is 14.0. The molecule has 0 radical (unpaired) electrons. The van der Waals surface area contributed by atoms with Crippen LogP contribution in [0.15, 0.2) is 5.38 Å². The average molecular weight is 269 g/mol. The molecule has 1 aromatic rings. The van der Waals surface area contributed by atoms with E-state index >= 15 is 0 Å². The van der Waals surface area contributed by atoms with Gasteiger partial charge < -0.3 is 9.84 Å². The smallest absolute Gasteiger partial charge is 0.0957 e. The van der Waals surface area contributed by atoms with Crippen LogP contribution in [-0.4, -0.2) is 28.4 Å². The fourth-order valence-electron chi connectivity index (χ4n) is 2.30. The largest absolute Gasteiger partial charge is 0.389 e. The number of aromatic nitrogens is 1. The minimum Gasteiger partial charge on any atom is -0.389 e. The number of aliphatic hydroxyl groups is 1. The van der Waals surface area contributed by atoms with Crippen molar-refractivity contribution in [2.24, 2.45) is 0 Å². The molecular weight excluding hydrogens is 246 g/mol. The van der Waals surface area contributed by atoms with Gasteiger partial charge in [0.2, 0.25) is 0 Å². The molecule has 1 aliphatic rings. The third-order valence-electron chi connectivity index (χ3n) is 3.42. The van der Waals surface area contributed by atoms with E-state index in [9.17, 15) is 5.11 Å². The molecule has 1 fully saturated rings. The molecule has 0 unspecified atom stereocenters. The van der Waals surface area contributed by atoms with E-state index in [1.807, 2.05) is 6.92 Å². The Morgan fingerprint density at radius 2 is 2.17 bits per heavy atom. The van der Waals surface area contributed by atoms with Crippen LogP contribution in [0.3, 0.4) is 0 Å². The van der Waals surface area contributed by atoms with Gasteiger partial charge in [0.15, 0.2) is 0 Å². The predicted molar refractivity (Wildman–Crippen MR) is 74.1 cm³/mol. The summed E-state index contributed by atoms with van der Waals surface area (Å²) >= 11 is 1.66. The predicted octanol–water partition coefficient (Wildman–Crippen LogP) is 2.91. The molecule has 0 aliphatic heterocycles. The lowest BCUT2D eigenvalue weighted by molar-refractivity contribution is -0.136. The van der Waals surface area contributed by atoms with Crippen LogP contribution in [0, 0.1) is 0 Å². The summed E-state index contributed by atoms with van der Waals surface area (Å²) in [6.07, 6.45) is 2.38. The minimum absolute atomic E-state index is 0.0881. The van der Waals surface area contributed by atoms with Gasteiger partial charge in [-0.1, -0.05) is 20.8 Å². The van der Waals surface area contributed by atoms with Gasteiger partial charge in [-0.3, -0.25) is 0 Å². The fraction of sp³-hybridized carbons (Fsp3) is 0.786. The average Bonchev–Trinajstić information content (AvgIpc) is 2.63. The summed E-state index contributed by atoms with van der Waals surface area (Å²) in [5.41, 5.74) is 0.615. The van der Waals surface area contributed by atoms with Crippen molar-refractivity contribution in [3.8, 4) is 0 Å². The monoisotopic (exact) mass is 269 g/mol. The molecule has 1 aromatic heterocycles. The van der Waals surface area contributed by atoms with E-state index in [1.54, 1.807) is 11.3 Å². The zero-order valence-electron chi connectivity index (χ0n) is 11.7. The van der Waals surface area contributed by atoms with Gasteiger partial charge in [-0.15, -0.1) is 11.3 Å². The second-order valence-electron chi connectivity index (χ2n) is 6.26.